The van der Waals surface area contributed by atoms with Crippen LogP contribution in [-0.2, 0) is 80.2 Å². The van der Waals surface area contributed by atoms with Crippen molar-refractivity contribution in [1.29, 1.82) is 0 Å². The number of benzene rings is 3. The van der Waals surface area contributed by atoms with Gasteiger partial charge in [0, 0.05) is 64.7 Å². The number of ether oxygens (including phenoxy) is 8. The normalized spacial score (nSPS) is 16.2. The van der Waals surface area contributed by atoms with Crippen LogP contribution >= 0.6 is 67.1 Å². The van der Waals surface area contributed by atoms with Crippen LogP contribution in [0, 0.1) is 11.8 Å². The first-order valence-electron chi connectivity index (χ1n) is 29.4. The van der Waals surface area contributed by atoms with E-state index < -0.39 is 131 Å². The fraction of sp³-hybridized carbons (Fsp3) is 0.455. The molecule has 2 aliphatic heterocycles. The molecular weight excluding hydrogens is 1510 g/mol. The Kier molecular flexibility index (Phi) is 32.1. The zero-order valence-electron chi connectivity index (χ0n) is 53.3. The molecule has 2 unspecified atom stereocenters. The molecule has 3 heterocycles. The van der Waals surface area contributed by atoms with E-state index in [0.717, 1.165) is 22.5 Å². The third-order valence-corrected chi connectivity index (χ3v) is 24.0. The van der Waals surface area contributed by atoms with Gasteiger partial charge in [0.1, 0.15) is 34.9 Å². The summed E-state index contributed by atoms with van der Waals surface area (Å²) in [5.41, 5.74) is 9.61. The van der Waals surface area contributed by atoms with Crippen molar-refractivity contribution >= 4 is 135 Å². The van der Waals surface area contributed by atoms with E-state index in [2.05, 4.69) is 48.0 Å². The van der Waals surface area contributed by atoms with Gasteiger partial charge in [-0.25, -0.2) is 32.6 Å². The van der Waals surface area contributed by atoms with Gasteiger partial charge in [-0.05, 0) is 80.3 Å². The summed E-state index contributed by atoms with van der Waals surface area (Å²) < 4.78 is 164. The summed E-state index contributed by atoms with van der Waals surface area (Å²) >= 11 is 0. The van der Waals surface area contributed by atoms with E-state index in [9.17, 15) is 73.6 Å². The molecule has 0 aliphatic carbocycles. The molecule has 3 aromatic carbocycles. The first-order valence-corrected chi connectivity index (χ1v) is 41.3. The number of alkyl carbamates (subject to hydrolysis) is 2. The maximum absolute atomic E-state index is 13.4. The van der Waals surface area contributed by atoms with Crippen LogP contribution in [0.3, 0.4) is 0 Å². The number of nitrogens with one attached hydrogen (secondary N) is 3. The van der Waals surface area contributed by atoms with E-state index in [1.165, 1.54) is 68.9 Å². The Balaban J connectivity index is 0.809. The van der Waals surface area contributed by atoms with Crippen LogP contribution in [0.25, 0.3) is 12.2 Å². The summed E-state index contributed by atoms with van der Waals surface area (Å²) in [6.07, 6.45) is -1.33. The number of anilines is 2. The van der Waals surface area contributed by atoms with Crippen molar-refractivity contribution in [1.82, 2.24) is 25.5 Å². The fourth-order valence-corrected chi connectivity index (χ4v) is 16.9. The highest BCUT2D eigenvalue weighted by atomic mass is 33.1. The number of hydrogen-bond donors (Lipinski definition) is 11. The number of hydrogen-bond acceptors (Lipinski definition) is 30. The molecule has 1 fully saturated rings. The lowest BCUT2D eigenvalue weighted by Crippen LogP contribution is -2.30. The molecule has 0 bridgehead atoms. The van der Waals surface area contributed by atoms with Crippen molar-refractivity contribution in [3.63, 3.8) is 0 Å². The number of aromatic nitrogens is 2. The first kappa shape index (κ1) is 83.1. The highest BCUT2D eigenvalue weighted by Gasteiger charge is 2.41. The Morgan fingerprint density at radius 3 is 2.20 bits per heavy atom. The number of phosphoric acid groups is 2. The zero-order chi connectivity index (χ0) is 73.6. The second-order valence-electron chi connectivity index (χ2n) is 21.2. The number of unbranched alkanes of at least 4 members (excludes halogenated alkanes) is 1. The van der Waals surface area contributed by atoms with Gasteiger partial charge < -0.3 is 89.6 Å². The topological polar surface area (TPSA) is 534 Å². The Labute approximate surface area is 588 Å². The number of nitrogen functional groups attached to an aromatic ring is 2. The summed E-state index contributed by atoms with van der Waals surface area (Å²) in [5, 5.41) is 17.6. The molecule has 100 heavy (non-hydrogen) atoms. The minimum atomic E-state index is -5.50. The summed E-state index contributed by atoms with van der Waals surface area (Å²) in [5.74, 6) is 2.97. The molecule has 1 saturated heterocycles. The quantitative estimate of drug-likeness (QED) is 0.00485. The number of aromatic carboxylic acids is 1. The van der Waals surface area contributed by atoms with Gasteiger partial charge in [0.2, 0.25) is 0 Å². The first-order chi connectivity index (χ1) is 47.1. The number of carboxylic acid groups (broad SMARTS) is 1. The third kappa shape index (κ3) is 26.2. The van der Waals surface area contributed by atoms with Gasteiger partial charge in [0.15, 0.2) is 16.4 Å². The highest BCUT2D eigenvalue weighted by molar-refractivity contribution is 8.77. The molecule has 552 valence electrons. The maximum atomic E-state index is 13.4. The second kappa shape index (κ2) is 38.6. The monoisotopic (exact) mass is 1580 g/mol. The fourth-order valence-electron chi connectivity index (χ4n) is 9.00. The molecule has 2 aliphatic rings. The lowest BCUT2D eigenvalue weighted by molar-refractivity contribution is -0.0508. The molecular formula is C55H72N7O29P3S6. The summed E-state index contributed by atoms with van der Waals surface area (Å²) in [6.45, 7) is 9.87. The van der Waals surface area contributed by atoms with Crippen molar-refractivity contribution in [3.05, 3.63) is 97.4 Å². The minimum absolute atomic E-state index is 0.0140. The van der Waals surface area contributed by atoms with Crippen LogP contribution in [0.1, 0.15) is 90.1 Å². The van der Waals surface area contributed by atoms with E-state index in [4.69, 9.17) is 63.7 Å². The van der Waals surface area contributed by atoms with Crippen LogP contribution in [0.4, 0.5) is 21.1 Å². The summed E-state index contributed by atoms with van der Waals surface area (Å²) in [4.78, 5) is 92.7. The van der Waals surface area contributed by atoms with E-state index >= 15 is 0 Å². The number of fused-ring (bicyclic) bond motifs is 2. The zero-order valence-corrected chi connectivity index (χ0v) is 60.9. The number of carboxylic acids is 1. The molecule has 6 rings (SSSR count). The number of carbonyl (C=O) groups excluding carboxylic acids is 3. The molecule has 1 aromatic heterocycles. The highest BCUT2D eigenvalue weighted by Crippen LogP contribution is 2.62. The Bertz CT molecular complexity index is 4220. The van der Waals surface area contributed by atoms with Gasteiger partial charge in [0.25, 0.3) is 26.1 Å². The predicted octanol–water partition coefficient (Wildman–Crippen LogP) is 4.60. The molecule has 13 N–H and O–H groups in total. The van der Waals surface area contributed by atoms with E-state index in [0.29, 0.717) is 31.8 Å². The molecule has 45 heteroatoms. The Morgan fingerprint density at radius 2 is 1.52 bits per heavy atom. The third-order valence-electron chi connectivity index (χ3n) is 13.4. The van der Waals surface area contributed by atoms with Crippen molar-refractivity contribution in [2.45, 2.75) is 79.4 Å². The number of nitrogens with zero attached hydrogens (tertiary/aromatic N) is 2. The van der Waals surface area contributed by atoms with Crippen molar-refractivity contribution in [2.24, 2.45) is 0 Å². The molecule has 0 saturated carbocycles. The van der Waals surface area contributed by atoms with Crippen LogP contribution in [0.15, 0.2) is 63.2 Å². The van der Waals surface area contributed by atoms with Gasteiger partial charge in [-0.2, -0.15) is 26.1 Å². The Hall–Kier alpha value is -5.81. The van der Waals surface area contributed by atoms with Gasteiger partial charge in [-0.1, -0.05) is 74.6 Å². The van der Waals surface area contributed by atoms with Gasteiger partial charge >= 0.3 is 47.7 Å². The molecule has 3 amide bonds. The van der Waals surface area contributed by atoms with Crippen LogP contribution in [-0.4, -0.2) is 186 Å². The van der Waals surface area contributed by atoms with Crippen molar-refractivity contribution in [2.75, 3.05) is 102 Å². The molecule has 0 radical (unpaired) electrons. The van der Waals surface area contributed by atoms with Gasteiger partial charge in [-0.3, -0.25) is 23.0 Å². The van der Waals surface area contributed by atoms with Gasteiger partial charge in [0.05, 0.1) is 75.7 Å². The SMILES string of the molecule is C=c1ccc2c(c1S(=O)(=O)O)Oc1c(ccc(N)c1S(=O)(=O)O)C=2c1cc(C(=O)NCCOCCOCCNC(=O)OCCC(C)(C)SSCOCCCCOC(=O)NCC#Cc2cn([C@H]3C[C@H](OCSSCC)[C@@H](CO[PH](=O)OP(=O)(O)OP(=O)(O)O)O3)c(=O)nc2N)ccc1C(=O)O. The minimum Gasteiger partial charge on any atom is -0.478 e. The lowest BCUT2D eigenvalue weighted by Gasteiger charge is -2.25. The molecule has 5 atom stereocenters. The smallest absolute Gasteiger partial charge is 0.478 e. The largest absolute Gasteiger partial charge is 0.488 e. The predicted molar refractivity (Wildman–Crippen MR) is 366 cm³/mol. The van der Waals surface area contributed by atoms with Crippen LogP contribution in [0.2, 0.25) is 0 Å². The van der Waals surface area contributed by atoms with Crippen molar-refractivity contribution < 1.29 is 130 Å². The molecule has 4 aromatic rings. The lowest BCUT2D eigenvalue weighted by atomic mass is 9.88. The average Bonchev–Trinajstić information content (AvgIpc) is 1.61. The van der Waals surface area contributed by atoms with Crippen LogP contribution in [0.5, 0.6) is 11.5 Å². The summed E-state index contributed by atoms with van der Waals surface area (Å²) in [7, 11) is -19.3. The average molecular weight is 1580 g/mol. The number of nitrogens with two attached hydrogens (primary N) is 2. The van der Waals surface area contributed by atoms with E-state index in [1.807, 2.05) is 20.8 Å². The maximum Gasteiger partial charge on any atom is 0.488 e. The van der Waals surface area contributed by atoms with Crippen molar-refractivity contribution in [3.8, 4) is 23.3 Å². The molecule has 0 spiro atoms. The number of amides is 3. The van der Waals surface area contributed by atoms with E-state index in [1.54, 1.807) is 10.8 Å². The second-order valence-corrected chi connectivity index (χ2v) is 33.7. The standard InChI is InChI=1S/C55H72N7O29P3S6/c1-5-95-96-32-86-41-28-43(88-42(41)30-87-92(69)90-94(73,74)91-93(70,71)72)62-29-35(49(57)61-52(62)66)9-8-17-59-53(67)84-21-7-6-20-83-31-97-98-55(3,4)16-22-85-54(68)60-19-24-82-26-25-81-23-18-58-50(63)34-11-13-36(51(64)65)39(27-34)44-37-12-10-33(2)47(99(75,76)77)45(37)89-46-38(44)14-15-40(56)48(46)100(78,79)80/h10-15,27,29,41-43,92H,2,5-7,16-26,28,30-32,56H2,1,3-4H3,(H,58,63)(H,59,67)(H,60,68)(H,64,65)(H,73,74)(H2,57,61,66)(H2,70,71,72)(H,75,76,77)(H,78,79,80)/t41-,42+,43+/m0/s1. The number of carbonyl (C=O) groups is 4. The molecule has 36 nitrogen and oxygen atoms in total. The van der Waals surface area contributed by atoms with Gasteiger partial charge in [-0.15, -0.1) is 0 Å². The van der Waals surface area contributed by atoms with E-state index in [-0.39, 0.29) is 120 Å². The Morgan fingerprint density at radius 1 is 0.840 bits per heavy atom. The van der Waals surface area contributed by atoms with Crippen LogP contribution < -0.4 is 48.3 Å². The summed E-state index contributed by atoms with van der Waals surface area (Å²) in [6, 6.07) is 8.31. The number of rotatable bonds is 40.